The Morgan fingerprint density at radius 1 is 1.47 bits per heavy atom. The second-order valence-corrected chi connectivity index (χ2v) is 3.83. The molecule has 5 nitrogen and oxygen atoms in total. The summed E-state index contributed by atoms with van der Waals surface area (Å²) in [6, 6.07) is 6.79. The van der Waals surface area contributed by atoms with Crippen LogP contribution in [0.1, 0.15) is 11.3 Å². The van der Waals surface area contributed by atoms with E-state index in [1.165, 1.54) is 0 Å². The smallest absolute Gasteiger partial charge is 0.230 e. The van der Waals surface area contributed by atoms with Gasteiger partial charge in [-0.25, -0.2) is 0 Å². The van der Waals surface area contributed by atoms with Crippen LogP contribution < -0.4 is 5.32 Å². The first kappa shape index (κ1) is 11.2. The molecule has 0 aliphatic rings. The van der Waals surface area contributed by atoms with E-state index in [9.17, 15) is 9.90 Å². The molecule has 88 valence electrons. The van der Waals surface area contributed by atoms with Gasteiger partial charge in [0.2, 0.25) is 5.91 Å². The van der Waals surface area contributed by atoms with E-state index >= 15 is 0 Å². The molecule has 0 aliphatic heterocycles. The van der Waals surface area contributed by atoms with E-state index in [2.05, 4.69) is 15.5 Å². The summed E-state index contributed by atoms with van der Waals surface area (Å²) in [5, 5.41) is 18.7. The van der Waals surface area contributed by atoms with Gasteiger partial charge in [0.05, 0.1) is 12.1 Å². The van der Waals surface area contributed by atoms with Crippen LogP contribution in [-0.2, 0) is 11.2 Å². The number of benzene rings is 1. The lowest BCUT2D eigenvalue weighted by Gasteiger charge is -2.07. The number of aromatic nitrogens is 2. The number of amides is 1. The number of carbonyl (C=O) groups excluding carboxylic acids is 1. The molecule has 1 amide bonds. The molecule has 3 N–H and O–H groups in total. The van der Waals surface area contributed by atoms with Gasteiger partial charge in [-0.1, -0.05) is 6.07 Å². The van der Waals surface area contributed by atoms with Gasteiger partial charge >= 0.3 is 0 Å². The van der Waals surface area contributed by atoms with Gasteiger partial charge in [-0.2, -0.15) is 5.10 Å². The van der Waals surface area contributed by atoms with Crippen LogP contribution in [0.15, 0.2) is 30.5 Å². The summed E-state index contributed by atoms with van der Waals surface area (Å²) < 4.78 is 0. The highest BCUT2D eigenvalue weighted by Crippen LogP contribution is 2.23. The number of nitrogens with one attached hydrogen (secondary N) is 2. The minimum absolute atomic E-state index is 0.0635. The van der Waals surface area contributed by atoms with Crippen LogP contribution in [0.3, 0.4) is 0 Å². The van der Waals surface area contributed by atoms with Crippen molar-refractivity contribution in [2.75, 3.05) is 5.32 Å². The minimum Gasteiger partial charge on any atom is -0.506 e. The number of H-pyrrole nitrogens is 1. The van der Waals surface area contributed by atoms with Crippen LogP contribution in [0.4, 0.5) is 5.69 Å². The number of aryl methyl sites for hydroxylation is 1. The van der Waals surface area contributed by atoms with Crippen molar-refractivity contribution in [1.29, 1.82) is 0 Å². The molecule has 0 saturated heterocycles. The number of nitrogens with zero attached hydrogens (tertiary/aromatic N) is 1. The van der Waals surface area contributed by atoms with Crippen LogP contribution in [0.25, 0.3) is 0 Å². The molecule has 1 aromatic carbocycles. The molecule has 0 spiro atoms. The Bertz CT molecular complexity index is 521. The van der Waals surface area contributed by atoms with Gasteiger partial charge < -0.3 is 10.4 Å². The van der Waals surface area contributed by atoms with Crippen molar-refractivity contribution >= 4 is 11.6 Å². The predicted octanol–water partition coefficient (Wildman–Crippen LogP) is 1.60. The largest absolute Gasteiger partial charge is 0.506 e. The third-order valence-corrected chi connectivity index (χ3v) is 2.34. The molecule has 5 heteroatoms. The Labute approximate surface area is 98.5 Å². The Balaban J connectivity index is 2.05. The SMILES string of the molecule is Cc1ccc(O)c(NC(=O)Cc2ccn[nH]2)c1. The summed E-state index contributed by atoms with van der Waals surface area (Å²) in [5.74, 6) is -0.135. The Morgan fingerprint density at radius 2 is 2.29 bits per heavy atom. The predicted molar refractivity (Wildman–Crippen MR) is 63.8 cm³/mol. The second-order valence-electron chi connectivity index (χ2n) is 3.83. The molecule has 17 heavy (non-hydrogen) atoms. The number of aromatic hydroxyl groups is 1. The van der Waals surface area contributed by atoms with E-state index in [0.29, 0.717) is 5.69 Å². The molecule has 0 bridgehead atoms. The molecular weight excluding hydrogens is 218 g/mol. The van der Waals surface area contributed by atoms with Crippen molar-refractivity contribution < 1.29 is 9.90 Å². The average molecular weight is 231 g/mol. The van der Waals surface area contributed by atoms with E-state index in [4.69, 9.17) is 0 Å². The summed E-state index contributed by atoms with van der Waals surface area (Å²) in [5.41, 5.74) is 2.13. The molecule has 2 rings (SSSR count). The molecule has 0 fully saturated rings. The van der Waals surface area contributed by atoms with E-state index in [1.54, 1.807) is 30.5 Å². The zero-order chi connectivity index (χ0) is 12.3. The molecule has 1 aromatic heterocycles. The summed E-state index contributed by atoms with van der Waals surface area (Å²) >= 11 is 0. The van der Waals surface area contributed by atoms with Crippen molar-refractivity contribution in [1.82, 2.24) is 10.2 Å². The number of carbonyl (C=O) groups is 1. The van der Waals surface area contributed by atoms with Crippen LogP contribution in [0, 0.1) is 6.92 Å². The standard InChI is InChI=1S/C12H13N3O2/c1-8-2-3-11(16)10(6-8)14-12(17)7-9-4-5-13-15-9/h2-6,16H,7H2,1H3,(H,13,15)(H,14,17). The Hall–Kier alpha value is -2.30. The van der Waals surface area contributed by atoms with Crippen LogP contribution in [0.2, 0.25) is 0 Å². The van der Waals surface area contributed by atoms with Gasteiger partial charge in [0.1, 0.15) is 5.75 Å². The minimum atomic E-state index is -0.199. The van der Waals surface area contributed by atoms with Gasteiger partial charge in [0, 0.05) is 11.9 Å². The third-order valence-electron chi connectivity index (χ3n) is 2.34. The molecule has 0 unspecified atom stereocenters. The first-order chi connectivity index (χ1) is 8.15. The first-order valence-electron chi connectivity index (χ1n) is 5.23. The normalized spacial score (nSPS) is 10.2. The fraction of sp³-hybridized carbons (Fsp3) is 0.167. The number of phenols is 1. The fourth-order valence-corrected chi connectivity index (χ4v) is 1.50. The van der Waals surface area contributed by atoms with Crippen LogP contribution >= 0.6 is 0 Å². The maximum Gasteiger partial charge on any atom is 0.230 e. The number of rotatable bonds is 3. The van der Waals surface area contributed by atoms with Crippen LogP contribution in [-0.4, -0.2) is 21.2 Å². The Kier molecular flexibility index (Phi) is 3.09. The highest BCUT2D eigenvalue weighted by Gasteiger charge is 2.08. The zero-order valence-electron chi connectivity index (χ0n) is 9.40. The summed E-state index contributed by atoms with van der Waals surface area (Å²) in [6.45, 7) is 1.89. The van der Waals surface area contributed by atoms with Crippen molar-refractivity contribution in [3.05, 3.63) is 41.7 Å². The molecule has 0 atom stereocenters. The highest BCUT2D eigenvalue weighted by atomic mass is 16.3. The van der Waals surface area contributed by atoms with Gasteiger partial charge in [-0.15, -0.1) is 0 Å². The van der Waals surface area contributed by atoms with Crippen molar-refractivity contribution in [3.63, 3.8) is 0 Å². The maximum atomic E-state index is 11.7. The van der Waals surface area contributed by atoms with Crippen molar-refractivity contribution in [2.24, 2.45) is 0 Å². The number of hydrogen-bond acceptors (Lipinski definition) is 3. The summed E-state index contributed by atoms with van der Waals surface area (Å²) in [4.78, 5) is 11.7. The van der Waals surface area contributed by atoms with Crippen LogP contribution in [0.5, 0.6) is 5.75 Å². The first-order valence-corrected chi connectivity index (χ1v) is 5.23. The molecular formula is C12H13N3O2. The second kappa shape index (κ2) is 4.69. The summed E-state index contributed by atoms with van der Waals surface area (Å²) in [7, 11) is 0. The zero-order valence-corrected chi connectivity index (χ0v) is 9.40. The number of hydrogen-bond donors (Lipinski definition) is 3. The van der Waals surface area contributed by atoms with Crippen molar-refractivity contribution in [3.8, 4) is 5.75 Å². The van der Waals surface area contributed by atoms with Gasteiger partial charge in [0.25, 0.3) is 0 Å². The molecule has 1 heterocycles. The molecule has 0 aliphatic carbocycles. The van der Waals surface area contributed by atoms with Gasteiger partial charge in [-0.05, 0) is 30.7 Å². The highest BCUT2D eigenvalue weighted by molar-refractivity contribution is 5.93. The monoisotopic (exact) mass is 231 g/mol. The number of aromatic amines is 1. The number of anilines is 1. The Morgan fingerprint density at radius 3 is 3.00 bits per heavy atom. The lowest BCUT2D eigenvalue weighted by atomic mass is 10.2. The quantitative estimate of drug-likeness (QED) is 0.702. The molecule has 0 saturated carbocycles. The van der Waals surface area contributed by atoms with Gasteiger partial charge in [-0.3, -0.25) is 9.89 Å². The van der Waals surface area contributed by atoms with E-state index in [-0.39, 0.29) is 18.1 Å². The van der Waals surface area contributed by atoms with Gasteiger partial charge in [0.15, 0.2) is 0 Å². The number of phenolic OH excluding ortho intramolecular Hbond substituents is 1. The fourth-order valence-electron chi connectivity index (χ4n) is 1.50. The third kappa shape index (κ3) is 2.84. The topological polar surface area (TPSA) is 78.0 Å². The molecule has 0 radical (unpaired) electrons. The van der Waals surface area contributed by atoms with E-state index in [0.717, 1.165) is 11.3 Å². The van der Waals surface area contributed by atoms with E-state index in [1.807, 2.05) is 6.92 Å². The van der Waals surface area contributed by atoms with E-state index < -0.39 is 0 Å². The molecule has 2 aromatic rings. The summed E-state index contributed by atoms with van der Waals surface area (Å²) in [6.07, 6.45) is 1.79. The lowest BCUT2D eigenvalue weighted by Crippen LogP contribution is -2.14. The average Bonchev–Trinajstić information content (AvgIpc) is 2.76. The maximum absolute atomic E-state index is 11.7. The van der Waals surface area contributed by atoms with Crippen molar-refractivity contribution in [2.45, 2.75) is 13.3 Å². The lowest BCUT2D eigenvalue weighted by molar-refractivity contribution is -0.115.